The Morgan fingerprint density at radius 3 is 2.41 bits per heavy atom. The maximum atomic E-state index is 13.2. The van der Waals surface area contributed by atoms with Crippen LogP contribution in [0.1, 0.15) is 22.6 Å². The molecule has 0 amide bonds. The number of furan rings is 1. The van der Waals surface area contributed by atoms with Crippen molar-refractivity contribution >= 4 is 10.0 Å². The highest BCUT2D eigenvalue weighted by atomic mass is 32.2. The molecule has 1 aromatic carbocycles. The second-order valence-electron chi connectivity index (χ2n) is 7.54. The first kappa shape index (κ1) is 19.8. The fourth-order valence-corrected chi connectivity index (χ4v) is 5.81. The van der Waals surface area contributed by atoms with Gasteiger partial charge in [-0.05, 0) is 44.0 Å². The summed E-state index contributed by atoms with van der Waals surface area (Å²) in [7, 11) is -3.51. The number of nitrogens with zero attached hydrogens (tertiary/aromatic N) is 3. The van der Waals surface area contributed by atoms with Gasteiger partial charge in [-0.3, -0.25) is 0 Å². The average molecular weight is 418 g/mol. The SMILES string of the molecule is Cc1cc(C)c(S(=O)(=O)N2CC[NH+](Cc3nnc(-c4ccco4)o3)CC2)c(C)c1. The summed E-state index contributed by atoms with van der Waals surface area (Å²) in [5.41, 5.74) is 2.67. The van der Waals surface area contributed by atoms with Crippen molar-refractivity contribution in [1.29, 1.82) is 0 Å². The van der Waals surface area contributed by atoms with Gasteiger partial charge in [0.2, 0.25) is 10.0 Å². The molecule has 0 radical (unpaired) electrons. The van der Waals surface area contributed by atoms with E-state index in [1.807, 2.05) is 32.9 Å². The van der Waals surface area contributed by atoms with E-state index in [4.69, 9.17) is 8.83 Å². The molecule has 1 fully saturated rings. The zero-order valence-corrected chi connectivity index (χ0v) is 17.6. The van der Waals surface area contributed by atoms with E-state index in [1.165, 1.54) is 4.90 Å². The van der Waals surface area contributed by atoms with Gasteiger partial charge in [-0.2, -0.15) is 4.31 Å². The molecular formula is C20H25N4O4S+. The van der Waals surface area contributed by atoms with Crippen LogP contribution >= 0.6 is 0 Å². The Hall–Kier alpha value is -2.49. The maximum absolute atomic E-state index is 13.2. The van der Waals surface area contributed by atoms with Crippen molar-refractivity contribution in [2.75, 3.05) is 26.2 Å². The molecule has 0 atom stereocenters. The van der Waals surface area contributed by atoms with E-state index in [9.17, 15) is 8.42 Å². The van der Waals surface area contributed by atoms with Gasteiger partial charge in [0.25, 0.3) is 11.8 Å². The number of hydrogen-bond donors (Lipinski definition) is 1. The van der Waals surface area contributed by atoms with Gasteiger partial charge in [0, 0.05) is 0 Å². The smallest absolute Gasteiger partial charge is 0.283 e. The van der Waals surface area contributed by atoms with E-state index < -0.39 is 10.0 Å². The topological polar surface area (TPSA) is 93.9 Å². The van der Waals surface area contributed by atoms with Crippen LogP contribution in [0.4, 0.5) is 0 Å². The molecule has 2 aromatic heterocycles. The highest BCUT2D eigenvalue weighted by Gasteiger charge is 2.33. The fourth-order valence-electron chi connectivity index (χ4n) is 3.96. The van der Waals surface area contributed by atoms with Crippen LogP contribution in [0.2, 0.25) is 0 Å². The lowest BCUT2D eigenvalue weighted by Crippen LogP contribution is -3.13. The molecule has 0 saturated carbocycles. The maximum Gasteiger partial charge on any atom is 0.283 e. The van der Waals surface area contributed by atoms with Crippen LogP contribution < -0.4 is 4.90 Å². The van der Waals surface area contributed by atoms with Crippen LogP contribution in [-0.4, -0.2) is 49.1 Å². The van der Waals surface area contributed by atoms with E-state index in [-0.39, 0.29) is 0 Å². The van der Waals surface area contributed by atoms with Crippen molar-refractivity contribution in [3.8, 4) is 11.7 Å². The van der Waals surface area contributed by atoms with Gasteiger partial charge in [-0.15, -0.1) is 10.2 Å². The summed E-state index contributed by atoms with van der Waals surface area (Å²) >= 11 is 0. The van der Waals surface area contributed by atoms with E-state index in [0.29, 0.717) is 55.2 Å². The van der Waals surface area contributed by atoms with Crippen LogP contribution in [-0.2, 0) is 16.6 Å². The summed E-state index contributed by atoms with van der Waals surface area (Å²) in [6.45, 7) is 8.55. The van der Waals surface area contributed by atoms with Gasteiger partial charge in [-0.1, -0.05) is 17.7 Å². The second kappa shape index (κ2) is 7.74. The first-order chi connectivity index (χ1) is 13.8. The predicted molar refractivity (Wildman–Crippen MR) is 106 cm³/mol. The summed E-state index contributed by atoms with van der Waals surface area (Å²) in [5, 5.41) is 8.10. The Morgan fingerprint density at radius 1 is 1.10 bits per heavy atom. The molecule has 1 aliphatic rings. The number of nitrogens with one attached hydrogen (secondary N) is 1. The second-order valence-corrected chi connectivity index (χ2v) is 9.41. The first-order valence-electron chi connectivity index (χ1n) is 9.62. The molecule has 1 N–H and O–H groups in total. The van der Waals surface area contributed by atoms with E-state index >= 15 is 0 Å². The highest BCUT2D eigenvalue weighted by Crippen LogP contribution is 2.25. The molecule has 154 valence electrons. The molecule has 0 aliphatic carbocycles. The molecule has 3 heterocycles. The lowest BCUT2D eigenvalue weighted by molar-refractivity contribution is -0.918. The number of quaternary nitrogens is 1. The number of hydrogen-bond acceptors (Lipinski definition) is 6. The molecule has 1 saturated heterocycles. The van der Waals surface area contributed by atoms with Crippen molar-refractivity contribution < 1.29 is 22.2 Å². The molecule has 8 nitrogen and oxygen atoms in total. The third-order valence-electron chi connectivity index (χ3n) is 5.23. The summed E-state index contributed by atoms with van der Waals surface area (Å²) in [5.74, 6) is 1.42. The van der Waals surface area contributed by atoms with Gasteiger partial charge < -0.3 is 13.7 Å². The number of piperazine rings is 1. The van der Waals surface area contributed by atoms with E-state index in [0.717, 1.165) is 16.7 Å². The summed E-state index contributed by atoms with van der Waals surface area (Å²) in [6, 6.07) is 7.38. The van der Waals surface area contributed by atoms with Crippen LogP contribution in [0.3, 0.4) is 0 Å². The van der Waals surface area contributed by atoms with Gasteiger partial charge in [0.05, 0.1) is 37.3 Å². The summed E-state index contributed by atoms with van der Waals surface area (Å²) < 4.78 is 38.9. The zero-order valence-electron chi connectivity index (χ0n) is 16.8. The Bertz CT molecular complexity index is 1070. The Balaban J connectivity index is 1.42. The van der Waals surface area contributed by atoms with Crippen LogP contribution in [0, 0.1) is 20.8 Å². The third kappa shape index (κ3) is 3.98. The third-order valence-corrected chi connectivity index (χ3v) is 7.44. The molecule has 0 unspecified atom stereocenters. The summed E-state index contributed by atoms with van der Waals surface area (Å²) in [6.07, 6.45) is 1.56. The van der Waals surface area contributed by atoms with Crippen LogP contribution in [0.25, 0.3) is 11.7 Å². The van der Waals surface area contributed by atoms with Gasteiger partial charge in [0.1, 0.15) is 0 Å². The monoisotopic (exact) mass is 417 g/mol. The highest BCUT2D eigenvalue weighted by molar-refractivity contribution is 7.89. The lowest BCUT2D eigenvalue weighted by atomic mass is 10.1. The largest absolute Gasteiger partial charge is 0.459 e. The number of benzene rings is 1. The fraction of sp³-hybridized carbons (Fsp3) is 0.400. The standard InChI is InChI=1S/C20H24N4O4S/c1-14-11-15(2)19(16(3)12-14)29(25,26)24-8-6-23(7-9-24)13-18-21-22-20(28-18)17-5-4-10-27-17/h4-5,10-12H,6-9,13H2,1-3H3/p+1. The normalized spacial score (nSPS) is 16.4. The molecule has 29 heavy (non-hydrogen) atoms. The van der Waals surface area contributed by atoms with E-state index in [2.05, 4.69) is 10.2 Å². The van der Waals surface area contributed by atoms with Gasteiger partial charge >= 0.3 is 0 Å². The van der Waals surface area contributed by atoms with Crippen molar-refractivity contribution in [2.24, 2.45) is 0 Å². The lowest BCUT2D eigenvalue weighted by Gasteiger charge is -2.31. The Morgan fingerprint density at radius 2 is 1.79 bits per heavy atom. The Labute approximate surface area is 170 Å². The van der Waals surface area contributed by atoms with Crippen LogP contribution in [0.15, 0.2) is 44.3 Å². The Kier molecular flexibility index (Phi) is 5.28. The predicted octanol–water partition coefficient (Wildman–Crippen LogP) is 1.34. The van der Waals surface area contributed by atoms with Gasteiger partial charge in [0.15, 0.2) is 12.3 Å². The van der Waals surface area contributed by atoms with Gasteiger partial charge in [-0.25, -0.2) is 8.42 Å². The van der Waals surface area contributed by atoms with Crippen LogP contribution in [0.5, 0.6) is 0 Å². The quantitative estimate of drug-likeness (QED) is 0.673. The number of aromatic nitrogens is 2. The van der Waals surface area contributed by atoms with Crippen molar-refractivity contribution in [3.05, 3.63) is 53.1 Å². The number of aryl methyl sites for hydroxylation is 3. The number of sulfonamides is 1. The minimum absolute atomic E-state index is 0.357. The molecule has 9 heteroatoms. The van der Waals surface area contributed by atoms with E-state index in [1.54, 1.807) is 22.7 Å². The summed E-state index contributed by atoms with van der Waals surface area (Å²) in [4.78, 5) is 1.65. The number of rotatable bonds is 5. The minimum atomic E-state index is -3.51. The van der Waals surface area contributed by atoms with Crippen molar-refractivity contribution in [3.63, 3.8) is 0 Å². The van der Waals surface area contributed by atoms with Crippen molar-refractivity contribution in [1.82, 2.24) is 14.5 Å². The molecule has 3 aromatic rings. The first-order valence-corrected chi connectivity index (χ1v) is 11.1. The molecular weight excluding hydrogens is 392 g/mol. The molecule has 4 rings (SSSR count). The zero-order chi connectivity index (χ0) is 20.6. The molecule has 0 spiro atoms. The average Bonchev–Trinajstić information content (AvgIpc) is 3.32. The molecule has 0 bridgehead atoms. The molecule has 1 aliphatic heterocycles. The minimum Gasteiger partial charge on any atom is -0.459 e. The van der Waals surface area contributed by atoms with Crippen molar-refractivity contribution in [2.45, 2.75) is 32.2 Å².